The largest absolute Gasteiger partial charge is 0.469 e. The van der Waals surface area contributed by atoms with E-state index in [2.05, 4.69) is 4.74 Å². The first-order chi connectivity index (χ1) is 4.22. The Labute approximate surface area is 55.6 Å². The van der Waals surface area contributed by atoms with Gasteiger partial charge in [0.2, 0.25) is 0 Å². The van der Waals surface area contributed by atoms with Gasteiger partial charge >= 0.3 is 5.97 Å². The lowest BCUT2D eigenvalue weighted by atomic mass is 10.5. The zero-order valence-electron chi connectivity index (χ0n) is 6.18. The normalized spacial score (nSPS) is 7.11. The fourth-order valence-electron chi connectivity index (χ4n) is 0.144. The van der Waals surface area contributed by atoms with Crippen LogP contribution in [-0.2, 0) is 9.53 Å². The average molecular weight is 134 g/mol. The van der Waals surface area contributed by atoms with Crippen LogP contribution < -0.4 is 0 Å². The van der Waals surface area contributed by atoms with E-state index in [0.717, 1.165) is 0 Å². The van der Waals surface area contributed by atoms with Crippen molar-refractivity contribution in [1.29, 1.82) is 0 Å². The second-order valence-electron chi connectivity index (χ2n) is 1.25. The van der Waals surface area contributed by atoms with E-state index in [1.54, 1.807) is 13.8 Å². The molecule has 3 heteroatoms. The van der Waals surface area contributed by atoms with E-state index in [1.807, 2.05) is 0 Å². The minimum absolute atomic E-state index is 0.157. The van der Waals surface area contributed by atoms with Crippen molar-refractivity contribution in [2.45, 2.75) is 20.3 Å². The van der Waals surface area contributed by atoms with Gasteiger partial charge in [-0.15, -0.1) is 0 Å². The summed E-state index contributed by atoms with van der Waals surface area (Å²) < 4.78 is 4.26. The van der Waals surface area contributed by atoms with Gasteiger partial charge in [0.05, 0.1) is 7.11 Å². The molecule has 0 aliphatic carbocycles. The molecular weight excluding hydrogens is 120 g/mol. The Morgan fingerprint density at radius 3 is 1.89 bits per heavy atom. The van der Waals surface area contributed by atoms with Crippen molar-refractivity contribution >= 4 is 5.97 Å². The van der Waals surface area contributed by atoms with Gasteiger partial charge in [-0.1, -0.05) is 6.92 Å². The summed E-state index contributed by atoms with van der Waals surface area (Å²) in [5, 5.41) is 7.57. The number of carbonyl (C=O) groups excluding carboxylic acids is 1. The lowest BCUT2D eigenvalue weighted by molar-refractivity contribution is -0.140. The van der Waals surface area contributed by atoms with Gasteiger partial charge in [-0.05, 0) is 6.92 Å². The molecule has 0 fully saturated rings. The first kappa shape index (κ1) is 11.3. The molecule has 0 amide bonds. The Hall–Kier alpha value is -0.570. The molecule has 0 unspecified atom stereocenters. The maximum Gasteiger partial charge on any atom is 0.305 e. The van der Waals surface area contributed by atoms with Crippen LogP contribution in [-0.4, -0.2) is 24.8 Å². The molecule has 0 aliphatic rings. The lowest BCUT2D eigenvalue weighted by Crippen LogP contribution is -1.94. The number of rotatable bonds is 1. The zero-order chi connectivity index (χ0) is 7.70. The Balaban J connectivity index is 0. The van der Waals surface area contributed by atoms with Crippen LogP contribution in [0.5, 0.6) is 0 Å². The van der Waals surface area contributed by atoms with Crippen LogP contribution in [0.3, 0.4) is 0 Å². The fraction of sp³-hybridized carbons (Fsp3) is 0.833. The maximum absolute atomic E-state index is 9.96. The third-order valence-electron chi connectivity index (χ3n) is 0.516. The van der Waals surface area contributed by atoms with Crippen LogP contribution in [0.15, 0.2) is 0 Å². The van der Waals surface area contributed by atoms with Gasteiger partial charge in [-0.3, -0.25) is 4.79 Å². The molecule has 0 saturated heterocycles. The number of hydrogen-bond acceptors (Lipinski definition) is 3. The highest BCUT2D eigenvalue weighted by atomic mass is 16.5. The Kier molecular flexibility index (Phi) is 13.0. The van der Waals surface area contributed by atoms with Crippen LogP contribution in [0, 0.1) is 0 Å². The topological polar surface area (TPSA) is 46.5 Å². The van der Waals surface area contributed by atoms with Crippen molar-refractivity contribution in [3.05, 3.63) is 0 Å². The van der Waals surface area contributed by atoms with Crippen molar-refractivity contribution in [1.82, 2.24) is 0 Å². The molecule has 0 bridgehead atoms. The summed E-state index contributed by atoms with van der Waals surface area (Å²) in [6.07, 6.45) is 0.469. The van der Waals surface area contributed by atoms with Crippen molar-refractivity contribution < 1.29 is 14.6 Å². The Bertz CT molecular complexity index is 55.3. The molecule has 0 aromatic carbocycles. The number of methoxy groups -OCH3 is 1. The van der Waals surface area contributed by atoms with Crippen molar-refractivity contribution in [3.63, 3.8) is 0 Å². The first-order valence-electron chi connectivity index (χ1n) is 2.90. The number of ether oxygens (including phenoxy) is 1. The molecule has 9 heavy (non-hydrogen) atoms. The summed E-state index contributed by atoms with van der Waals surface area (Å²) in [5.41, 5.74) is 0. The predicted molar refractivity (Wildman–Crippen MR) is 35.1 cm³/mol. The van der Waals surface area contributed by atoms with E-state index in [-0.39, 0.29) is 12.6 Å². The standard InChI is InChI=1S/C4H8O2.C2H6O/c1-3-4(5)6-2;1-2-3/h3H2,1-2H3;3H,2H2,1H3. The first-order valence-corrected chi connectivity index (χ1v) is 2.90. The molecule has 56 valence electrons. The predicted octanol–water partition coefficient (Wildman–Crippen LogP) is 0.568. The van der Waals surface area contributed by atoms with Gasteiger partial charge in [0.1, 0.15) is 0 Å². The number of aliphatic hydroxyl groups excluding tert-OH is 1. The highest BCUT2D eigenvalue weighted by Gasteiger charge is 1.87. The third-order valence-corrected chi connectivity index (χ3v) is 0.516. The van der Waals surface area contributed by atoms with E-state index < -0.39 is 0 Å². The molecule has 0 spiro atoms. The summed E-state index contributed by atoms with van der Waals surface area (Å²) in [6, 6.07) is 0. The molecule has 0 aromatic rings. The molecule has 3 nitrogen and oxygen atoms in total. The van der Waals surface area contributed by atoms with Crippen molar-refractivity contribution in [2.75, 3.05) is 13.7 Å². The van der Waals surface area contributed by atoms with Crippen molar-refractivity contribution in [2.24, 2.45) is 0 Å². The third kappa shape index (κ3) is 18.6. The van der Waals surface area contributed by atoms with Gasteiger partial charge in [0, 0.05) is 13.0 Å². The summed E-state index contributed by atoms with van der Waals surface area (Å²) in [4.78, 5) is 9.96. The van der Waals surface area contributed by atoms with Crippen LogP contribution in [0.25, 0.3) is 0 Å². The molecule has 0 atom stereocenters. The fourth-order valence-corrected chi connectivity index (χ4v) is 0.144. The molecule has 0 saturated carbocycles. The number of carbonyl (C=O) groups is 1. The summed E-state index contributed by atoms with van der Waals surface area (Å²) in [7, 11) is 1.38. The summed E-state index contributed by atoms with van der Waals surface area (Å²) in [5.74, 6) is -0.157. The number of aliphatic hydroxyl groups is 1. The van der Waals surface area contributed by atoms with Gasteiger partial charge in [-0.2, -0.15) is 0 Å². The van der Waals surface area contributed by atoms with Crippen LogP contribution in [0.1, 0.15) is 20.3 Å². The van der Waals surface area contributed by atoms with Gasteiger partial charge in [0.15, 0.2) is 0 Å². The molecule has 0 rings (SSSR count). The Morgan fingerprint density at radius 1 is 1.56 bits per heavy atom. The zero-order valence-corrected chi connectivity index (χ0v) is 6.18. The molecule has 0 heterocycles. The SMILES string of the molecule is CCC(=O)OC.CCO. The monoisotopic (exact) mass is 134 g/mol. The minimum Gasteiger partial charge on any atom is -0.469 e. The summed E-state index contributed by atoms with van der Waals surface area (Å²) >= 11 is 0. The van der Waals surface area contributed by atoms with E-state index >= 15 is 0 Å². The van der Waals surface area contributed by atoms with Gasteiger partial charge in [0.25, 0.3) is 0 Å². The Morgan fingerprint density at radius 2 is 1.89 bits per heavy atom. The second-order valence-corrected chi connectivity index (χ2v) is 1.25. The molecule has 0 aromatic heterocycles. The van der Waals surface area contributed by atoms with Crippen LogP contribution in [0.4, 0.5) is 0 Å². The molecule has 0 radical (unpaired) electrons. The summed E-state index contributed by atoms with van der Waals surface area (Å²) in [6.45, 7) is 3.69. The minimum atomic E-state index is -0.157. The van der Waals surface area contributed by atoms with Crippen LogP contribution >= 0.6 is 0 Å². The quantitative estimate of drug-likeness (QED) is 0.533. The van der Waals surface area contributed by atoms with Gasteiger partial charge < -0.3 is 9.84 Å². The van der Waals surface area contributed by atoms with Crippen molar-refractivity contribution in [3.8, 4) is 0 Å². The number of esters is 1. The molecule has 1 N–H and O–H groups in total. The lowest BCUT2D eigenvalue weighted by Gasteiger charge is -1.87. The molecular formula is C6H14O3. The highest BCUT2D eigenvalue weighted by molar-refractivity contribution is 5.68. The van der Waals surface area contributed by atoms with Gasteiger partial charge in [-0.25, -0.2) is 0 Å². The molecule has 0 aliphatic heterocycles. The average Bonchev–Trinajstić information content (AvgIpc) is 1.88. The van der Waals surface area contributed by atoms with E-state index in [9.17, 15) is 4.79 Å². The van der Waals surface area contributed by atoms with E-state index in [4.69, 9.17) is 5.11 Å². The smallest absolute Gasteiger partial charge is 0.305 e. The van der Waals surface area contributed by atoms with Crippen LogP contribution in [0.2, 0.25) is 0 Å². The second kappa shape index (κ2) is 10.4. The van der Waals surface area contributed by atoms with E-state index in [1.165, 1.54) is 7.11 Å². The van der Waals surface area contributed by atoms with E-state index in [0.29, 0.717) is 6.42 Å². The number of hydrogen-bond donors (Lipinski definition) is 1. The maximum atomic E-state index is 9.96. The highest BCUT2D eigenvalue weighted by Crippen LogP contribution is 1.76.